The Morgan fingerprint density at radius 3 is 2.62 bits per heavy atom. The lowest BCUT2D eigenvalue weighted by Gasteiger charge is -2.11. The molecule has 5 nitrogen and oxygen atoms in total. The third-order valence-corrected chi connectivity index (χ3v) is 4.46. The van der Waals surface area contributed by atoms with Crippen molar-refractivity contribution in [2.45, 2.75) is 4.90 Å². The van der Waals surface area contributed by atoms with Crippen LogP contribution in [0.4, 0.5) is 15.8 Å². The number of methoxy groups -OCH3 is 1. The summed E-state index contributed by atoms with van der Waals surface area (Å²) < 4.78 is 46.1. The van der Waals surface area contributed by atoms with E-state index in [1.807, 2.05) is 0 Å². The maximum absolute atomic E-state index is 13.7. The number of halogens is 2. The number of nitrogen functional groups attached to an aromatic ring is 1. The largest absolute Gasteiger partial charge is 0.497 e. The summed E-state index contributed by atoms with van der Waals surface area (Å²) in [6.07, 6.45) is 0. The number of benzene rings is 2. The molecule has 0 spiro atoms. The van der Waals surface area contributed by atoms with E-state index in [1.54, 1.807) is 6.07 Å². The summed E-state index contributed by atoms with van der Waals surface area (Å²) in [6, 6.07) is 8.03. The molecular formula is C13H12BrFN2O3S. The highest BCUT2D eigenvalue weighted by Crippen LogP contribution is 2.27. The van der Waals surface area contributed by atoms with Crippen LogP contribution < -0.4 is 15.2 Å². The quantitative estimate of drug-likeness (QED) is 0.806. The summed E-state index contributed by atoms with van der Waals surface area (Å²) in [5, 5.41) is 0. The van der Waals surface area contributed by atoms with E-state index in [0.29, 0.717) is 10.2 Å². The van der Waals surface area contributed by atoms with Gasteiger partial charge in [-0.1, -0.05) is 15.9 Å². The van der Waals surface area contributed by atoms with Gasteiger partial charge in [0, 0.05) is 16.2 Å². The lowest BCUT2D eigenvalue weighted by atomic mass is 10.3. The minimum atomic E-state index is -4.09. The lowest BCUT2D eigenvalue weighted by molar-refractivity contribution is 0.415. The molecule has 0 aromatic heterocycles. The SMILES string of the molecule is COc1cc(Br)cc(NS(=O)(=O)c2cc(N)ccc2F)c1. The summed E-state index contributed by atoms with van der Waals surface area (Å²) in [7, 11) is -2.63. The van der Waals surface area contributed by atoms with Gasteiger partial charge in [0.05, 0.1) is 12.8 Å². The zero-order valence-corrected chi connectivity index (χ0v) is 13.3. The Morgan fingerprint density at radius 1 is 1.24 bits per heavy atom. The molecule has 0 aliphatic heterocycles. The number of nitrogens with one attached hydrogen (secondary N) is 1. The first-order valence-electron chi connectivity index (χ1n) is 5.74. The van der Waals surface area contributed by atoms with E-state index in [0.717, 1.165) is 12.1 Å². The predicted octanol–water partition coefficient (Wildman–Crippen LogP) is 2.98. The van der Waals surface area contributed by atoms with Gasteiger partial charge in [0.2, 0.25) is 0 Å². The molecule has 2 aromatic rings. The molecule has 3 N–H and O–H groups in total. The van der Waals surface area contributed by atoms with Crippen molar-refractivity contribution in [3.05, 3.63) is 46.7 Å². The summed E-state index contributed by atoms with van der Waals surface area (Å²) in [4.78, 5) is -0.513. The standard InChI is InChI=1S/C13H12BrFN2O3S/c1-20-11-5-8(14)4-10(7-11)17-21(18,19)13-6-9(16)2-3-12(13)15/h2-7,17H,16H2,1H3. The van der Waals surface area contributed by atoms with E-state index in [9.17, 15) is 12.8 Å². The zero-order valence-electron chi connectivity index (χ0n) is 10.9. The molecule has 0 amide bonds. The van der Waals surface area contributed by atoms with Crippen LogP contribution in [0.2, 0.25) is 0 Å². The van der Waals surface area contributed by atoms with Crippen molar-refractivity contribution in [1.82, 2.24) is 0 Å². The number of nitrogens with two attached hydrogens (primary N) is 1. The summed E-state index contributed by atoms with van der Waals surface area (Å²) in [5.41, 5.74) is 5.90. The average molecular weight is 375 g/mol. The molecule has 0 unspecified atom stereocenters. The van der Waals surface area contributed by atoms with E-state index < -0.39 is 20.7 Å². The van der Waals surface area contributed by atoms with Crippen molar-refractivity contribution >= 4 is 37.3 Å². The highest BCUT2D eigenvalue weighted by Gasteiger charge is 2.20. The van der Waals surface area contributed by atoms with E-state index in [1.165, 1.54) is 25.3 Å². The van der Waals surface area contributed by atoms with Gasteiger partial charge < -0.3 is 10.5 Å². The fourth-order valence-electron chi connectivity index (χ4n) is 1.68. The third kappa shape index (κ3) is 3.64. The molecule has 0 heterocycles. The number of ether oxygens (including phenoxy) is 1. The van der Waals surface area contributed by atoms with Gasteiger partial charge in [-0.05, 0) is 30.3 Å². The Balaban J connectivity index is 2.42. The van der Waals surface area contributed by atoms with Crippen LogP contribution in [-0.2, 0) is 10.0 Å². The van der Waals surface area contributed by atoms with Crippen LogP contribution in [0, 0.1) is 5.82 Å². The fraction of sp³-hybridized carbons (Fsp3) is 0.0769. The number of anilines is 2. The summed E-state index contributed by atoms with van der Waals surface area (Å²) in [5.74, 6) is -0.422. The second-order valence-corrected chi connectivity index (χ2v) is 6.74. The van der Waals surface area contributed by atoms with Gasteiger partial charge in [-0.2, -0.15) is 0 Å². The summed E-state index contributed by atoms with van der Waals surface area (Å²) in [6.45, 7) is 0. The third-order valence-electron chi connectivity index (χ3n) is 2.60. The topological polar surface area (TPSA) is 81.4 Å². The smallest absolute Gasteiger partial charge is 0.264 e. The van der Waals surface area contributed by atoms with Gasteiger partial charge in [0.1, 0.15) is 16.5 Å². The molecule has 0 fully saturated rings. The van der Waals surface area contributed by atoms with Crippen LogP contribution in [0.15, 0.2) is 45.8 Å². The Morgan fingerprint density at radius 2 is 1.95 bits per heavy atom. The van der Waals surface area contributed by atoms with Gasteiger partial charge in [-0.25, -0.2) is 12.8 Å². The van der Waals surface area contributed by atoms with Crippen molar-refractivity contribution in [3.8, 4) is 5.75 Å². The Bertz CT molecular complexity index is 781. The van der Waals surface area contributed by atoms with E-state index in [-0.39, 0.29) is 11.4 Å². The Hall–Kier alpha value is -1.80. The molecule has 0 saturated heterocycles. The van der Waals surface area contributed by atoms with Gasteiger partial charge >= 0.3 is 0 Å². The molecule has 8 heteroatoms. The van der Waals surface area contributed by atoms with Crippen LogP contribution >= 0.6 is 15.9 Å². The maximum Gasteiger partial charge on any atom is 0.264 e. The van der Waals surface area contributed by atoms with Crippen LogP contribution in [0.1, 0.15) is 0 Å². The maximum atomic E-state index is 13.7. The second kappa shape index (κ2) is 5.90. The zero-order chi connectivity index (χ0) is 15.6. The second-order valence-electron chi connectivity index (χ2n) is 4.18. The van der Waals surface area contributed by atoms with Gasteiger partial charge in [0.25, 0.3) is 10.0 Å². The number of rotatable bonds is 4. The van der Waals surface area contributed by atoms with Crippen molar-refractivity contribution in [3.63, 3.8) is 0 Å². The molecule has 112 valence electrons. The highest BCUT2D eigenvalue weighted by atomic mass is 79.9. The van der Waals surface area contributed by atoms with Gasteiger partial charge in [-0.15, -0.1) is 0 Å². The lowest BCUT2D eigenvalue weighted by Crippen LogP contribution is -2.15. The molecule has 0 aliphatic rings. The van der Waals surface area contributed by atoms with Crippen LogP contribution in [0.25, 0.3) is 0 Å². The molecular weight excluding hydrogens is 363 g/mol. The van der Waals surface area contributed by atoms with Crippen molar-refractivity contribution < 1.29 is 17.5 Å². The Kier molecular flexibility index (Phi) is 4.38. The highest BCUT2D eigenvalue weighted by molar-refractivity contribution is 9.10. The minimum absolute atomic E-state index is 0.156. The van der Waals surface area contributed by atoms with Crippen LogP contribution in [0.3, 0.4) is 0 Å². The molecule has 2 rings (SSSR count). The molecule has 2 aromatic carbocycles. The first-order valence-corrected chi connectivity index (χ1v) is 8.02. The number of hydrogen-bond donors (Lipinski definition) is 2. The molecule has 0 aliphatic carbocycles. The van der Waals surface area contributed by atoms with Crippen LogP contribution in [-0.4, -0.2) is 15.5 Å². The molecule has 0 radical (unpaired) electrons. The van der Waals surface area contributed by atoms with E-state index in [2.05, 4.69) is 20.7 Å². The first kappa shape index (κ1) is 15.6. The van der Waals surface area contributed by atoms with Crippen molar-refractivity contribution in [2.24, 2.45) is 0 Å². The molecule has 0 bridgehead atoms. The molecule has 0 atom stereocenters. The van der Waals surface area contributed by atoms with E-state index >= 15 is 0 Å². The number of sulfonamides is 1. The first-order chi connectivity index (χ1) is 9.81. The molecule has 0 saturated carbocycles. The summed E-state index contributed by atoms with van der Waals surface area (Å²) >= 11 is 3.23. The minimum Gasteiger partial charge on any atom is -0.497 e. The molecule has 21 heavy (non-hydrogen) atoms. The van der Waals surface area contributed by atoms with Crippen molar-refractivity contribution in [2.75, 3.05) is 17.6 Å². The van der Waals surface area contributed by atoms with Crippen molar-refractivity contribution in [1.29, 1.82) is 0 Å². The fourth-order valence-corrected chi connectivity index (χ4v) is 3.30. The van der Waals surface area contributed by atoms with Gasteiger partial charge in [-0.3, -0.25) is 4.72 Å². The normalized spacial score (nSPS) is 11.2. The number of hydrogen-bond acceptors (Lipinski definition) is 4. The predicted molar refractivity (Wildman–Crippen MR) is 82.3 cm³/mol. The monoisotopic (exact) mass is 374 g/mol. The van der Waals surface area contributed by atoms with E-state index in [4.69, 9.17) is 10.5 Å². The van der Waals surface area contributed by atoms with Crippen LogP contribution in [0.5, 0.6) is 5.75 Å². The Labute approximate surface area is 130 Å². The van der Waals surface area contributed by atoms with Gasteiger partial charge in [0.15, 0.2) is 0 Å². The average Bonchev–Trinajstić information content (AvgIpc) is 2.40.